The summed E-state index contributed by atoms with van der Waals surface area (Å²) in [6.45, 7) is 1.51. The summed E-state index contributed by atoms with van der Waals surface area (Å²) in [6.07, 6.45) is 0. The third-order valence-corrected chi connectivity index (χ3v) is 1.55. The second-order valence-electron chi connectivity index (χ2n) is 2.47. The third kappa shape index (κ3) is 3.23. The van der Waals surface area contributed by atoms with E-state index in [0.717, 1.165) is 12.8 Å². The van der Waals surface area contributed by atoms with Gasteiger partial charge >= 0.3 is 0 Å². The van der Waals surface area contributed by atoms with Crippen molar-refractivity contribution in [3.8, 4) is 0 Å². The fourth-order valence-electron chi connectivity index (χ4n) is 0.814. The average Bonchev–Trinajstić information content (AvgIpc) is 2.13. The smallest absolute Gasteiger partial charge is 0.159 e. The first-order valence-corrected chi connectivity index (χ1v) is 3.78. The van der Waals surface area contributed by atoms with Gasteiger partial charge in [0.05, 0.1) is 5.69 Å². The molecule has 0 aromatic heterocycles. The largest absolute Gasteiger partial charge is 0.400 e. The van der Waals surface area contributed by atoms with Gasteiger partial charge in [-0.05, 0) is 19.1 Å². The van der Waals surface area contributed by atoms with E-state index in [9.17, 15) is 4.79 Å². The number of rotatable bonds is 1. The Morgan fingerprint density at radius 1 is 1.46 bits per heavy atom. The lowest BCUT2D eigenvalue weighted by atomic mass is 10.1. The molecule has 0 saturated heterocycles. The predicted molar refractivity (Wildman–Crippen MR) is 51.5 cm³/mol. The van der Waals surface area contributed by atoms with Crippen molar-refractivity contribution in [1.29, 1.82) is 0 Å². The number of aliphatic hydroxyl groups is 1. The summed E-state index contributed by atoms with van der Waals surface area (Å²) in [5, 5.41) is 7.00. The van der Waals surface area contributed by atoms with Gasteiger partial charge in [-0.15, -0.1) is 0 Å². The maximum atomic E-state index is 10.8. The number of benzene rings is 1. The minimum atomic E-state index is 0.0247. The number of anilines is 1. The SMILES string of the molecule is CC(=O)c1ccc([NH3+])c(N)c1.CO. The molecule has 0 aliphatic heterocycles. The van der Waals surface area contributed by atoms with Gasteiger partial charge in [-0.2, -0.15) is 0 Å². The van der Waals surface area contributed by atoms with Gasteiger partial charge in [-0.25, -0.2) is 0 Å². The molecule has 1 aromatic carbocycles. The maximum Gasteiger partial charge on any atom is 0.159 e. The number of aliphatic hydroxyl groups excluding tert-OH is 1. The van der Waals surface area contributed by atoms with Crippen LogP contribution in [0.25, 0.3) is 0 Å². The lowest BCUT2D eigenvalue weighted by molar-refractivity contribution is -0.253. The van der Waals surface area contributed by atoms with Crippen LogP contribution in [0.2, 0.25) is 0 Å². The highest BCUT2D eigenvalue weighted by atomic mass is 16.2. The molecule has 0 aliphatic carbocycles. The zero-order chi connectivity index (χ0) is 10.4. The van der Waals surface area contributed by atoms with Gasteiger partial charge in [0.1, 0.15) is 0 Å². The van der Waals surface area contributed by atoms with Crippen LogP contribution in [0.15, 0.2) is 18.2 Å². The van der Waals surface area contributed by atoms with Crippen LogP contribution in [-0.2, 0) is 0 Å². The Kier molecular flexibility index (Phi) is 4.72. The number of hydrogen-bond acceptors (Lipinski definition) is 3. The highest BCUT2D eigenvalue weighted by Crippen LogP contribution is 2.14. The van der Waals surface area contributed by atoms with Gasteiger partial charge in [-0.3, -0.25) is 4.79 Å². The summed E-state index contributed by atoms with van der Waals surface area (Å²) in [5.41, 5.74) is 11.2. The molecular formula is C9H15N2O2+. The Balaban J connectivity index is 0.000000671. The van der Waals surface area contributed by atoms with E-state index in [2.05, 4.69) is 5.73 Å². The molecule has 0 radical (unpaired) electrons. The number of ketones is 1. The summed E-state index contributed by atoms with van der Waals surface area (Å²) in [4.78, 5) is 10.8. The first-order valence-electron chi connectivity index (χ1n) is 3.78. The minimum Gasteiger partial charge on any atom is -0.400 e. The third-order valence-electron chi connectivity index (χ3n) is 1.55. The Morgan fingerprint density at radius 2 is 2.00 bits per heavy atom. The van der Waals surface area contributed by atoms with Gasteiger partial charge in [0, 0.05) is 18.7 Å². The fraction of sp³-hybridized carbons (Fsp3) is 0.222. The topological polar surface area (TPSA) is 91.0 Å². The zero-order valence-corrected chi connectivity index (χ0v) is 7.87. The number of nitrogen functional groups attached to an aromatic ring is 1. The molecule has 4 heteroatoms. The number of Topliss-reactive ketones (excluding diaryl/α,β-unsaturated/α-hetero) is 1. The lowest BCUT2D eigenvalue weighted by Gasteiger charge is -1.97. The number of hydrogen-bond donors (Lipinski definition) is 3. The molecule has 0 heterocycles. The van der Waals surface area contributed by atoms with E-state index in [1.165, 1.54) is 6.92 Å². The molecule has 1 aromatic rings. The number of nitrogens with two attached hydrogens (primary N) is 1. The van der Waals surface area contributed by atoms with Crippen molar-refractivity contribution in [2.24, 2.45) is 0 Å². The van der Waals surface area contributed by atoms with Crippen LogP contribution < -0.4 is 11.5 Å². The second kappa shape index (κ2) is 5.29. The minimum absolute atomic E-state index is 0.0247. The lowest BCUT2D eigenvalue weighted by Crippen LogP contribution is -2.41. The van der Waals surface area contributed by atoms with Crippen LogP contribution >= 0.6 is 0 Å². The first kappa shape index (κ1) is 11.6. The van der Waals surface area contributed by atoms with Crippen molar-refractivity contribution >= 4 is 17.2 Å². The summed E-state index contributed by atoms with van der Waals surface area (Å²) >= 11 is 0. The van der Waals surface area contributed by atoms with Gasteiger partial charge in [0.2, 0.25) is 0 Å². The van der Waals surface area contributed by atoms with E-state index < -0.39 is 0 Å². The van der Waals surface area contributed by atoms with E-state index >= 15 is 0 Å². The molecule has 0 atom stereocenters. The monoisotopic (exact) mass is 183 g/mol. The van der Waals surface area contributed by atoms with Crippen molar-refractivity contribution in [2.75, 3.05) is 12.8 Å². The zero-order valence-electron chi connectivity index (χ0n) is 7.87. The maximum absolute atomic E-state index is 10.8. The van der Waals surface area contributed by atoms with Crippen LogP contribution in [0.1, 0.15) is 17.3 Å². The normalized spacial score (nSPS) is 8.62. The Hall–Kier alpha value is -1.39. The van der Waals surface area contributed by atoms with E-state index in [1.54, 1.807) is 18.2 Å². The van der Waals surface area contributed by atoms with E-state index in [-0.39, 0.29) is 5.78 Å². The Bertz CT molecular complexity index is 298. The van der Waals surface area contributed by atoms with Crippen molar-refractivity contribution in [3.63, 3.8) is 0 Å². The van der Waals surface area contributed by atoms with Crippen LogP contribution in [0, 0.1) is 0 Å². The van der Waals surface area contributed by atoms with E-state index in [1.807, 2.05) is 0 Å². The van der Waals surface area contributed by atoms with Crippen molar-refractivity contribution in [1.82, 2.24) is 0 Å². The molecule has 6 N–H and O–H groups in total. The highest BCUT2D eigenvalue weighted by Gasteiger charge is 2.02. The highest BCUT2D eigenvalue weighted by molar-refractivity contribution is 5.95. The van der Waals surface area contributed by atoms with Crippen LogP contribution in [0.5, 0.6) is 0 Å². The molecular weight excluding hydrogens is 168 g/mol. The van der Waals surface area contributed by atoms with E-state index in [0.29, 0.717) is 11.3 Å². The average molecular weight is 183 g/mol. The molecule has 0 spiro atoms. The molecule has 4 nitrogen and oxygen atoms in total. The van der Waals surface area contributed by atoms with Gasteiger partial charge in [0.15, 0.2) is 11.5 Å². The predicted octanol–water partition coefficient (Wildman–Crippen LogP) is -0.0467. The van der Waals surface area contributed by atoms with Crippen molar-refractivity contribution < 1.29 is 15.6 Å². The fourth-order valence-corrected chi connectivity index (χ4v) is 0.814. The molecule has 0 amide bonds. The summed E-state index contributed by atoms with van der Waals surface area (Å²) in [7, 11) is 1.00. The van der Waals surface area contributed by atoms with Crippen molar-refractivity contribution in [3.05, 3.63) is 23.8 Å². The molecule has 0 fully saturated rings. The van der Waals surface area contributed by atoms with Crippen molar-refractivity contribution in [2.45, 2.75) is 6.92 Å². The molecule has 0 aliphatic rings. The molecule has 72 valence electrons. The molecule has 0 unspecified atom stereocenters. The molecule has 0 bridgehead atoms. The van der Waals surface area contributed by atoms with Gasteiger partial charge in [0.25, 0.3) is 0 Å². The summed E-state index contributed by atoms with van der Waals surface area (Å²) in [6, 6.07) is 5.11. The standard InChI is InChI=1S/C8H10N2O.CH4O/c1-5(11)6-2-3-7(9)8(10)4-6;1-2/h2-4H,9-10H2,1H3;2H,1H3/p+1. The molecule has 1 rings (SSSR count). The van der Waals surface area contributed by atoms with Crippen LogP contribution in [0.3, 0.4) is 0 Å². The van der Waals surface area contributed by atoms with Gasteiger partial charge in [-0.1, -0.05) is 0 Å². The molecule has 13 heavy (non-hydrogen) atoms. The van der Waals surface area contributed by atoms with Crippen LogP contribution in [0.4, 0.5) is 11.4 Å². The van der Waals surface area contributed by atoms with Gasteiger partial charge < -0.3 is 16.6 Å². The first-order chi connectivity index (χ1) is 6.11. The second-order valence-corrected chi connectivity index (χ2v) is 2.47. The number of quaternary nitrogens is 1. The quantitative estimate of drug-likeness (QED) is 0.421. The number of carbonyl (C=O) groups excluding carboxylic acids is 1. The molecule has 0 saturated carbocycles. The van der Waals surface area contributed by atoms with E-state index in [4.69, 9.17) is 10.8 Å². The number of carbonyl (C=O) groups is 1. The Morgan fingerprint density at radius 3 is 2.38 bits per heavy atom. The van der Waals surface area contributed by atoms with Crippen LogP contribution in [-0.4, -0.2) is 18.0 Å². The summed E-state index contributed by atoms with van der Waals surface area (Å²) in [5.74, 6) is 0.0247. The summed E-state index contributed by atoms with van der Waals surface area (Å²) < 4.78 is 0. The Labute approximate surface area is 77.2 Å².